The summed E-state index contributed by atoms with van der Waals surface area (Å²) in [6.45, 7) is 0. The normalized spacial score (nSPS) is 13.0. The summed E-state index contributed by atoms with van der Waals surface area (Å²) in [6, 6.07) is 8.37. The van der Waals surface area contributed by atoms with E-state index in [1.807, 2.05) is 0 Å². The average Bonchev–Trinajstić information content (AvgIpc) is 2.86. The smallest absolute Gasteiger partial charge is 0.399 e. The van der Waals surface area contributed by atoms with Gasteiger partial charge >= 0.3 is 24.7 Å². The number of hydrogen-bond acceptors (Lipinski definition) is 2. The van der Waals surface area contributed by atoms with Gasteiger partial charge in [0.05, 0.1) is 22.3 Å². The lowest BCUT2D eigenvalue weighted by atomic mass is 9.87. The summed E-state index contributed by atoms with van der Waals surface area (Å²) in [6.07, 6.45) is -20.8. The second-order valence-electron chi connectivity index (χ2n) is 9.20. The van der Waals surface area contributed by atoms with Gasteiger partial charge in [-0.15, -0.1) is 0 Å². The van der Waals surface area contributed by atoms with E-state index in [1.165, 1.54) is 24.3 Å². The second-order valence-corrected chi connectivity index (χ2v) is 9.20. The van der Waals surface area contributed by atoms with Crippen molar-refractivity contribution in [3.63, 3.8) is 0 Å². The topological polar surface area (TPSA) is 52.0 Å². The van der Waals surface area contributed by atoms with Crippen molar-refractivity contribution in [2.24, 2.45) is 0 Å². The molecule has 42 heavy (non-hydrogen) atoms. The van der Waals surface area contributed by atoms with Gasteiger partial charge in [0.1, 0.15) is 0 Å². The van der Waals surface area contributed by atoms with Gasteiger partial charge in [0.2, 0.25) is 0 Å². The molecule has 0 atom stereocenters. The average molecular weight is 608 g/mol. The Morgan fingerprint density at radius 2 is 0.595 bits per heavy atom. The van der Waals surface area contributed by atoms with E-state index in [-0.39, 0.29) is 45.8 Å². The van der Waals surface area contributed by atoms with Gasteiger partial charge in [-0.2, -0.15) is 52.7 Å². The minimum absolute atomic E-state index is 0.0918. The molecule has 14 heteroatoms. The Kier molecular flexibility index (Phi) is 7.41. The number of nitrogen functional groups attached to an aromatic ring is 2. The molecular formula is C28H16F12N2. The van der Waals surface area contributed by atoms with E-state index in [2.05, 4.69) is 0 Å². The predicted octanol–water partition coefficient (Wildman–Crippen LogP) is 9.93. The maximum absolute atomic E-state index is 13.6. The van der Waals surface area contributed by atoms with E-state index >= 15 is 0 Å². The molecule has 0 saturated carbocycles. The Morgan fingerprint density at radius 3 is 0.833 bits per heavy atom. The van der Waals surface area contributed by atoms with Crippen LogP contribution in [0, 0.1) is 0 Å². The molecule has 2 nitrogen and oxygen atoms in total. The minimum atomic E-state index is -5.20. The van der Waals surface area contributed by atoms with Crippen molar-refractivity contribution in [1.29, 1.82) is 0 Å². The highest BCUT2D eigenvalue weighted by Gasteiger charge is 2.38. The van der Waals surface area contributed by atoms with Gasteiger partial charge in [0, 0.05) is 11.4 Å². The first-order valence-electron chi connectivity index (χ1n) is 11.5. The molecule has 0 bridgehead atoms. The van der Waals surface area contributed by atoms with Crippen molar-refractivity contribution < 1.29 is 52.7 Å². The van der Waals surface area contributed by atoms with Crippen molar-refractivity contribution in [1.82, 2.24) is 0 Å². The zero-order chi connectivity index (χ0) is 31.4. The summed E-state index contributed by atoms with van der Waals surface area (Å²) < 4.78 is 163. The Labute approximate surface area is 229 Å². The van der Waals surface area contributed by atoms with Gasteiger partial charge in [-0.25, -0.2) is 0 Å². The molecule has 0 aliphatic heterocycles. The lowest BCUT2D eigenvalue weighted by Crippen LogP contribution is -2.11. The third kappa shape index (κ3) is 6.42. The highest BCUT2D eigenvalue weighted by atomic mass is 19.4. The fourth-order valence-electron chi connectivity index (χ4n) is 4.29. The molecule has 4 N–H and O–H groups in total. The van der Waals surface area contributed by atoms with Crippen LogP contribution in [-0.2, 0) is 24.7 Å². The molecule has 0 radical (unpaired) electrons. The molecule has 4 aromatic rings. The van der Waals surface area contributed by atoms with Crippen molar-refractivity contribution in [2.45, 2.75) is 24.7 Å². The Bertz CT molecular complexity index is 1460. The van der Waals surface area contributed by atoms with Crippen LogP contribution in [-0.4, -0.2) is 0 Å². The van der Waals surface area contributed by atoms with E-state index in [0.29, 0.717) is 24.3 Å². The minimum Gasteiger partial charge on any atom is -0.399 e. The maximum atomic E-state index is 13.6. The first kappa shape index (κ1) is 30.6. The van der Waals surface area contributed by atoms with Crippen LogP contribution in [0.25, 0.3) is 33.4 Å². The van der Waals surface area contributed by atoms with Crippen LogP contribution >= 0.6 is 0 Å². The number of alkyl halides is 12. The summed E-state index contributed by atoms with van der Waals surface area (Å²) in [5, 5.41) is 0. The molecule has 4 aromatic carbocycles. The van der Waals surface area contributed by atoms with E-state index in [4.69, 9.17) is 11.5 Å². The molecule has 0 spiro atoms. The summed E-state index contributed by atoms with van der Waals surface area (Å²) >= 11 is 0. The SMILES string of the molecule is Nc1ccc(-c2ccc(N)cc2-c2cc(C(F)(F)F)cc(C(F)(F)F)c2)c(-c2cc(C(F)(F)F)cc(C(F)(F)F)c2)c1. The molecule has 0 saturated heterocycles. The van der Waals surface area contributed by atoms with Gasteiger partial charge in [-0.3, -0.25) is 0 Å². The monoisotopic (exact) mass is 608 g/mol. The summed E-state index contributed by atoms with van der Waals surface area (Å²) in [7, 11) is 0. The molecule has 222 valence electrons. The Morgan fingerprint density at radius 1 is 0.333 bits per heavy atom. The van der Waals surface area contributed by atoms with Crippen LogP contribution < -0.4 is 11.5 Å². The number of benzene rings is 4. The lowest BCUT2D eigenvalue weighted by molar-refractivity contribution is -0.144. The molecule has 0 unspecified atom stereocenters. The number of rotatable bonds is 3. The van der Waals surface area contributed by atoms with Crippen molar-refractivity contribution >= 4 is 11.4 Å². The molecular weight excluding hydrogens is 592 g/mol. The molecule has 0 heterocycles. The van der Waals surface area contributed by atoms with Gasteiger partial charge in [-0.05, 0) is 94.0 Å². The van der Waals surface area contributed by atoms with Gasteiger partial charge in [0.15, 0.2) is 0 Å². The number of hydrogen-bond donors (Lipinski definition) is 2. The molecule has 0 fully saturated rings. The first-order chi connectivity index (χ1) is 19.1. The van der Waals surface area contributed by atoms with E-state index in [0.717, 1.165) is 12.1 Å². The summed E-state index contributed by atoms with van der Waals surface area (Å²) in [5.74, 6) is 0. The largest absolute Gasteiger partial charge is 0.416 e. The van der Waals surface area contributed by atoms with Crippen molar-refractivity contribution in [3.8, 4) is 33.4 Å². The Balaban J connectivity index is 2.07. The third-order valence-corrected chi connectivity index (χ3v) is 6.17. The van der Waals surface area contributed by atoms with Crippen LogP contribution in [0.1, 0.15) is 22.3 Å². The van der Waals surface area contributed by atoms with Crippen LogP contribution in [0.15, 0.2) is 72.8 Å². The van der Waals surface area contributed by atoms with E-state index in [9.17, 15) is 52.7 Å². The molecule has 0 aliphatic rings. The number of halogens is 12. The predicted molar refractivity (Wildman–Crippen MR) is 132 cm³/mol. The van der Waals surface area contributed by atoms with Crippen molar-refractivity contribution in [3.05, 3.63) is 95.1 Å². The highest BCUT2D eigenvalue weighted by molar-refractivity contribution is 5.94. The van der Waals surface area contributed by atoms with Gasteiger partial charge in [-0.1, -0.05) is 12.1 Å². The highest BCUT2D eigenvalue weighted by Crippen LogP contribution is 2.45. The van der Waals surface area contributed by atoms with Crippen LogP contribution in [0.2, 0.25) is 0 Å². The third-order valence-electron chi connectivity index (χ3n) is 6.17. The van der Waals surface area contributed by atoms with Crippen LogP contribution in [0.5, 0.6) is 0 Å². The molecule has 0 aromatic heterocycles. The van der Waals surface area contributed by atoms with Crippen molar-refractivity contribution in [2.75, 3.05) is 11.5 Å². The quantitative estimate of drug-likeness (QED) is 0.180. The number of nitrogens with two attached hydrogens (primary N) is 2. The van der Waals surface area contributed by atoms with Crippen LogP contribution in [0.4, 0.5) is 64.1 Å². The first-order valence-corrected chi connectivity index (χ1v) is 11.5. The second kappa shape index (κ2) is 10.2. The standard InChI is InChI=1S/C28H16F12N2/c29-25(30,31)15-5-13(6-16(9-15)26(32,33)34)23-11-19(41)1-3-21(23)22-4-2-20(42)12-24(22)14-7-17(27(35,36)37)10-18(8-14)28(38,39)40/h1-12H,41-42H2. The lowest BCUT2D eigenvalue weighted by Gasteiger charge is -2.20. The van der Waals surface area contributed by atoms with Gasteiger partial charge in [0.25, 0.3) is 0 Å². The number of anilines is 2. The fraction of sp³-hybridized carbons (Fsp3) is 0.143. The molecule has 4 rings (SSSR count). The maximum Gasteiger partial charge on any atom is 0.416 e. The zero-order valence-electron chi connectivity index (χ0n) is 20.6. The zero-order valence-corrected chi connectivity index (χ0v) is 20.6. The van der Waals surface area contributed by atoms with E-state index < -0.39 is 58.1 Å². The summed E-state index contributed by atoms with van der Waals surface area (Å²) in [5.41, 5.74) is 2.67. The summed E-state index contributed by atoms with van der Waals surface area (Å²) in [4.78, 5) is 0. The molecule has 0 amide bonds. The van der Waals surface area contributed by atoms with Crippen LogP contribution in [0.3, 0.4) is 0 Å². The van der Waals surface area contributed by atoms with E-state index in [1.54, 1.807) is 0 Å². The Hall–Kier alpha value is -4.36. The fourth-order valence-corrected chi connectivity index (χ4v) is 4.29. The molecule has 0 aliphatic carbocycles. The van der Waals surface area contributed by atoms with Gasteiger partial charge < -0.3 is 11.5 Å².